The minimum Gasteiger partial charge on any atom is -0.390 e. The second-order valence-electron chi connectivity index (χ2n) is 5.70. The second-order valence-corrected chi connectivity index (χ2v) is 5.70. The fourth-order valence-corrected chi connectivity index (χ4v) is 2.89. The number of aliphatic hydroxyl groups is 1. The standard InChI is InChI=1S/C16H21N3O/c1-10-3-4-12-14(5-7-18-16(12)11(10)2)19-8-6-13(17)15(20)9-19/h3-5,7,13,15,20H,6,8-9,17H2,1-2H3/t13-,15-/m1/s1. The van der Waals surface area contributed by atoms with Gasteiger partial charge in [-0.2, -0.15) is 0 Å². The quantitative estimate of drug-likeness (QED) is 0.829. The van der Waals surface area contributed by atoms with Crippen LogP contribution in [0.15, 0.2) is 24.4 Å². The minimum atomic E-state index is -0.460. The average molecular weight is 271 g/mol. The van der Waals surface area contributed by atoms with E-state index in [-0.39, 0.29) is 6.04 Å². The summed E-state index contributed by atoms with van der Waals surface area (Å²) in [6.45, 7) is 5.68. The number of β-amino-alcohol motifs (C(OH)–C–C–N with tert-alkyl or cyclic N) is 1. The van der Waals surface area contributed by atoms with Crippen LogP contribution in [-0.2, 0) is 0 Å². The number of nitrogens with two attached hydrogens (primary N) is 1. The number of anilines is 1. The zero-order valence-electron chi connectivity index (χ0n) is 12.0. The van der Waals surface area contributed by atoms with E-state index in [1.54, 1.807) is 0 Å². The summed E-state index contributed by atoms with van der Waals surface area (Å²) in [7, 11) is 0. The highest BCUT2D eigenvalue weighted by Gasteiger charge is 2.25. The zero-order valence-corrected chi connectivity index (χ0v) is 12.0. The number of pyridine rings is 1. The molecule has 1 aliphatic heterocycles. The third kappa shape index (κ3) is 2.15. The molecule has 1 aromatic heterocycles. The number of hydrogen-bond acceptors (Lipinski definition) is 4. The lowest BCUT2D eigenvalue weighted by Crippen LogP contribution is -2.50. The molecule has 0 radical (unpaired) electrons. The summed E-state index contributed by atoms with van der Waals surface area (Å²) in [4.78, 5) is 6.73. The normalized spacial score (nSPS) is 23.3. The Kier molecular flexibility index (Phi) is 3.36. The summed E-state index contributed by atoms with van der Waals surface area (Å²) in [5.41, 5.74) is 10.6. The zero-order chi connectivity index (χ0) is 14.3. The number of piperidine rings is 1. The Hall–Kier alpha value is -1.65. The molecular formula is C16H21N3O. The van der Waals surface area contributed by atoms with Gasteiger partial charge in [0.15, 0.2) is 0 Å². The number of aliphatic hydroxyl groups excluding tert-OH is 1. The lowest BCUT2D eigenvalue weighted by atomic mass is 10.00. The molecule has 3 rings (SSSR count). The van der Waals surface area contributed by atoms with Crippen LogP contribution in [0.3, 0.4) is 0 Å². The molecule has 3 N–H and O–H groups in total. The van der Waals surface area contributed by atoms with E-state index < -0.39 is 6.10 Å². The molecule has 1 aliphatic rings. The molecule has 2 heterocycles. The maximum absolute atomic E-state index is 10.00. The van der Waals surface area contributed by atoms with Gasteiger partial charge in [0.1, 0.15) is 0 Å². The van der Waals surface area contributed by atoms with E-state index in [0.717, 1.165) is 29.6 Å². The maximum Gasteiger partial charge on any atom is 0.0866 e. The summed E-state index contributed by atoms with van der Waals surface area (Å²) >= 11 is 0. The van der Waals surface area contributed by atoms with Crippen LogP contribution in [0.5, 0.6) is 0 Å². The summed E-state index contributed by atoms with van der Waals surface area (Å²) < 4.78 is 0. The summed E-state index contributed by atoms with van der Waals surface area (Å²) in [6, 6.07) is 6.18. The molecule has 1 aromatic carbocycles. The summed E-state index contributed by atoms with van der Waals surface area (Å²) in [5.74, 6) is 0. The van der Waals surface area contributed by atoms with E-state index in [1.807, 2.05) is 12.3 Å². The van der Waals surface area contributed by atoms with Crippen molar-refractivity contribution in [3.63, 3.8) is 0 Å². The molecule has 4 nitrogen and oxygen atoms in total. The van der Waals surface area contributed by atoms with Gasteiger partial charge >= 0.3 is 0 Å². The van der Waals surface area contributed by atoms with Crippen LogP contribution in [0.1, 0.15) is 17.5 Å². The highest BCUT2D eigenvalue weighted by Crippen LogP contribution is 2.30. The van der Waals surface area contributed by atoms with Crippen molar-refractivity contribution in [3.05, 3.63) is 35.5 Å². The first kappa shape index (κ1) is 13.3. The Morgan fingerprint density at radius 2 is 2.10 bits per heavy atom. The molecular weight excluding hydrogens is 250 g/mol. The van der Waals surface area contributed by atoms with E-state index >= 15 is 0 Å². The Balaban J connectivity index is 2.06. The Bertz CT molecular complexity index is 641. The fourth-order valence-electron chi connectivity index (χ4n) is 2.89. The SMILES string of the molecule is Cc1ccc2c(N3CC[C@@H](N)[C@H](O)C3)ccnc2c1C. The van der Waals surface area contributed by atoms with Crippen molar-refractivity contribution in [2.45, 2.75) is 32.4 Å². The number of hydrogen-bond donors (Lipinski definition) is 2. The summed E-state index contributed by atoms with van der Waals surface area (Å²) in [6.07, 6.45) is 2.21. The molecule has 0 saturated carbocycles. The first-order valence-electron chi connectivity index (χ1n) is 7.11. The van der Waals surface area contributed by atoms with E-state index in [2.05, 4.69) is 35.9 Å². The third-order valence-electron chi connectivity index (χ3n) is 4.39. The van der Waals surface area contributed by atoms with Gasteiger partial charge in [0.2, 0.25) is 0 Å². The number of benzene rings is 1. The van der Waals surface area contributed by atoms with Gasteiger partial charge in [-0.3, -0.25) is 4.98 Å². The molecule has 2 aromatic rings. The van der Waals surface area contributed by atoms with Crippen LogP contribution in [0.25, 0.3) is 10.9 Å². The van der Waals surface area contributed by atoms with Crippen LogP contribution in [0.4, 0.5) is 5.69 Å². The lowest BCUT2D eigenvalue weighted by Gasteiger charge is -2.36. The topological polar surface area (TPSA) is 62.4 Å². The predicted octanol–water partition coefficient (Wildman–Crippen LogP) is 1.75. The van der Waals surface area contributed by atoms with Gasteiger partial charge < -0.3 is 15.7 Å². The van der Waals surface area contributed by atoms with Crippen molar-refractivity contribution in [2.24, 2.45) is 5.73 Å². The van der Waals surface area contributed by atoms with Crippen molar-refractivity contribution in [3.8, 4) is 0 Å². The molecule has 0 aliphatic carbocycles. The monoisotopic (exact) mass is 271 g/mol. The van der Waals surface area contributed by atoms with Crippen LogP contribution in [-0.4, -0.2) is 35.3 Å². The van der Waals surface area contributed by atoms with Gasteiger partial charge in [-0.05, 0) is 37.5 Å². The van der Waals surface area contributed by atoms with Gasteiger partial charge in [-0.25, -0.2) is 0 Å². The van der Waals surface area contributed by atoms with Crippen molar-refractivity contribution < 1.29 is 5.11 Å². The largest absolute Gasteiger partial charge is 0.390 e. The van der Waals surface area contributed by atoms with Crippen molar-refractivity contribution in [1.29, 1.82) is 0 Å². The van der Waals surface area contributed by atoms with Crippen molar-refractivity contribution >= 4 is 16.6 Å². The number of fused-ring (bicyclic) bond motifs is 1. The predicted molar refractivity (Wildman–Crippen MR) is 82.0 cm³/mol. The molecule has 20 heavy (non-hydrogen) atoms. The number of aryl methyl sites for hydroxylation is 2. The van der Waals surface area contributed by atoms with E-state index in [0.29, 0.717) is 6.54 Å². The fraction of sp³-hybridized carbons (Fsp3) is 0.438. The first-order chi connectivity index (χ1) is 9.58. The second kappa shape index (κ2) is 5.04. The molecule has 1 saturated heterocycles. The molecule has 0 spiro atoms. The molecule has 0 amide bonds. The maximum atomic E-state index is 10.00. The number of rotatable bonds is 1. The first-order valence-corrected chi connectivity index (χ1v) is 7.11. The molecule has 106 valence electrons. The Morgan fingerprint density at radius 1 is 1.30 bits per heavy atom. The minimum absolute atomic E-state index is 0.108. The van der Waals surface area contributed by atoms with Crippen molar-refractivity contribution in [1.82, 2.24) is 4.98 Å². The Morgan fingerprint density at radius 3 is 2.85 bits per heavy atom. The number of aromatic nitrogens is 1. The lowest BCUT2D eigenvalue weighted by molar-refractivity contribution is 0.132. The number of nitrogens with zero attached hydrogens (tertiary/aromatic N) is 2. The molecule has 1 fully saturated rings. The van der Waals surface area contributed by atoms with Crippen LogP contribution < -0.4 is 10.6 Å². The van der Waals surface area contributed by atoms with Gasteiger partial charge in [0.25, 0.3) is 0 Å². The van der Waals surface area contributed by atoms with Gasteiger partial charge in [0.05, 0.1) is 11.6 Å². The van der Waals surface area contributed by atoms with Gasteiger partial charge in [-0.15, -0.1) is 0 Å². The Labute approximate surface area is 119 Å². The molecule has 0 unspecified atom stereocenters. The van der Waals surface area contributed by atoms with Gasteiger partial charge in [-0.1, -0.05) is 12.1 Å². The van der Waals surface area contributed by atoms with E-state index in [4.69, 9.17) is 5.73 Å². The third-order valence-corrected chi connectivity index (χ3v) is 4.39. The molecule has 2 atom stereocenters. The molecule has 4 heteroatoms. The highest BCUT2D eigenvalue weighted by molar-refractivity contribution is 5.94. The van der Waals surface area contributed by atoms with E-state index in [1.165, 1.54) is 11.1 Å². The van der Waals surface area contributed by atoms with Gasteiger partial charge in [0, 0.05) is 36.4 Å². The van der Waals surface area contributed by atoms with Crippen LogP contribution >= 0.6 is 0 Å². The average Bonchev–Trinajstić information content (AvgIpc) is 2.45. The van der Waals surface area contributed by atoms with E-state index in [9.17, 15) is 5.11 Å². The van der Waals surface area contributed by atoms with Crippen molar-refractivity contribution in [2.75, 3.05) is 18.0 Å². The molecule has 0 bridgehead atoms. The summed E-state index contributed by atoms with van der Waals surface area (Å²) in [5, 5.41) is 11.1. The van der Waals surface area contributed by atoms with Crippen LogP contribution in [0.2, 0.25) is 0 Å². The highest BCUT2D eigenvalue weighted by atomic mass is 16.3. The smallest absolute Gasteiger partial charge is 0.0866 e. The van der Waals surface area contributed by atoms with Crippen LogP contribution in [0, 0.1) is 13.8 Å².